The first-order valence-corrected chi connectivity index (χ1v) is 20.6. The van der Waals surface area contributed by atoms with E-state index in [4.69, 9.17) is 0 Å². The fourth-order valence-electron chi connectivity index (χ4n) is 9.97. The molecule has 278 valence electrons. The van der Waals surface area contributed by atoms with Gasteiger partial charge in [0.1, 0.15) is 0 Å². The number of hydrogen-bond donors (Lipinski definition) is 0. The second kappa shape index (κ2) is 12.8. The van der Waals surface area contributed by atoms with E-state index in [9.17, 15) is 0 Å². The van der Waals surface area contributed by atoms with Gasteiger partial charge in [-0.25, -0.2) is 0 Å². The van der Waals surface area contributed by atoms with Gasteiger partial charge in [-0.15, -0.1) is 0 Å². The molecule has 0 fully saturated rings. The monoisotopic (exact) mass is 752 g/mol. The molecule has 1 aliphatic carbocycles. The topological polar surface area (TPSA) is 9.86 Å². The van der Waals surface area contributed by atoms with Crippen molar-refractivity contribution in [3.63, 3.8) is 0 Å². The summed E-state index contributed by atoms with van der Waals surface area (Å²) in [5.74, 6) is 0. The van der Waals surface area contributed by atoms with E-state index in [-0.39, 0.29) is 5.41 Å². The maximum Gasteiger partial charge on any atom is 0.0547 e. The summed E-state index contributed by atoms with van der Waals surface area (Å²) in [6, 6.07) is 76.0. The molecule has 0 saturated heterocycles. The molecule has 0 unspecified atom stereocenters. The standard InChI is InChI=1S/C57H40N2/c1-57(2)51-29-24-40(38-16-8-4-9-17-38)32-46(51)47-36-56-50(35-52(47)57)49-34-42(26-31-55(49)59(56)43-18-10-5-11-19-43)41-25-30-54-48(33-41)45-20-12-13-21-53(45)58(54)44-27-22-39(23-28-44)37-14-6-3-7-15-37/h3-36H,1-2H3. The minimum absolute atomic E-state index is 0.131. The Morgan fingerprint density at radius 2 is 0.729 bits per heavy atom. The SMILES string of the molecule is CC1(C)c2ccc(-c3ccccc3)cc2-c2cc3c(cc21)c1cc(-c2ccc4c(c2)c2ccccc2n4-c2ccc(-c4ccccc4)cc2)ccc1n3-c1ccccc1. The summed E-state index contributed by atoms with van der Waals surface area (Å²) in [7, 11) is 0. The quantitative estimate of drug-likeness (QED) is 0.166. The molecule has 0 atom stereocenters. The normalized spacial score (nSPS) is 13.1. The Bertz CT molecular complexity index is 3420. The number of para-hydroxylation sites is 2. The van der Waals surface area contributed by atoms with Gasteiger partial charge in [-0.1, -0.05) is 147 Å². The van der Waals surface area contributed by atoms with Gasteiger partial charge >= 0.3 is 0 Å². The largest absolute Gasteiger partial charge is 0.309 e. The fraction of sp³-hybridized carbons (Fsp3) is 0.0526. The summed E-state index contributed by atoms with van der Waals surface area (Å²) in [6.07, 6.45) is 0. The molecule has 11 aromatic rings. The number of nitrogens with zero attached hydrogens (tertiary/aromatic N) is 2. The highest BCUT2D eigenvalue weighted by molar-refractivity contribution is 6.14. The van der Waals surface area contributed by atoms with Crippen LogP contribution < -0.4 is 0 Å². The number of rotatable bonds is 5. The third-order valence-electron chi connectivity index (χ3n) is 12.9. The Morgan fingerprint density at radius 1 is 0.288 bits per heavy atom. The van der Waals surface area contributed by atoms with Crippen molar-refractivity contribution in [1.29, 1.82) is 0 Å². The average Bonchev–Trinajstić information content (AvgIpc) is 3.88. The summed E-state index contributed by atoms with van der Waals surface area (Å²) < 4.78 is 4.86. The first-order chi connectivity index (χ1) is 29.0. The van der Waals surface area contributed by atoms with Crippen LogP contribution in [0.4, 0.5) is 0 Å². The van der Waals surface area contributed by atoms with Gasteiger partial charge in [-0.2, -0.15) is 0 Å². The second-order valence-corrected chi connectivity index (χ2v) is 16.6. The van der Waals surface area contributed by atoms with Crippen LogP contribution in [0, 0.1) is 0 Å². The van der Waals surface area contributed by atoms with Crippen LogP contribution >= 0.6 is 0 Å². The fourth-order valence-corrected chi connectivity index (χ4v) is 9.97. The van der Waals surface area contributed by atoms with E-state index in [0.717, 1.165) is 5.69 Å². The van der Waals surface area contributed by atoms with Gasteiger partial charge in [-0.3, -0.25) is 0 Å². The van der Waals surface area contributed by atoms with E-state index in [1.54, 1.807) is 0 Å². The van der Waals surface area contributed by atoms with Gasteiger partial charge in [0.25, 0.3) is 0 Å². The van der Waals surface area contributed by atoms with E-state index < -0.39 is 0 Å². The summed E-state index contributed by atoms with van der Waals surface area (Å²) in [6.45, 7) is 4.77. The third kappa shape index (κ3) is 5.13. The van der Waals surface area contributed by atoms with Gasteiger partial charge in [0.15, 0.2) is 0 Å². The molecule has 0 bridgehead atoms. The van der Waals surface area contributed by atoms with Crippen molar-refractivity contribution in [2.45, 2.75) is 19.3 Å². The molecule has 12 rings (SSSR count). The number of benzene rings is 9. The predicted molar refractivity (Wildman–Crippen MR) is 249 cm³/mol. The van der Waals surface area contributed by atoms with E-state index in [1.165, 1.54) is 105 Å². The minimum atomic E-state index is -0.131. The average molecular weight is 753 g/mol. The zero-order chi connectivity index (χ0) is 39.2. The molecular formula is C57H40N2. The van der Waals surface area contributed by atoms with Gasteiger partial charge in [-0.05, 0) is 128 Å². The summed E-state index contributed by atoms with van der Waals surface area (Å²) in [5, 5.41) is 5.06. The van der Waals surface area contributed by atoms with Crippen molar-refractivity contribution in [2.75, 3.05) is 0 Å². The molecule has 0 N–H and O–H groups in total. The zero-order valence-electron chi connectivity index (χ0n) is 33.0. The van der Waals surface area contributed by atoms with Gasteiger partial charge < -0.3 is 9.13 Å². The molecule has 2 heteroatoms. The minimum Gasteiger partial charge on any atom is -0.309 e. The highest BCUT2D eigenvalue weighted by Crippen LogP contribution is 2.52. The van der Waals surface area contributed by atoms with Crippen molar-refractivity contribution in [3.8, 4) is 55.9 Å². The van der Waals surface area contributed by atoms with Gasteiger partial charge in [0.2, 0.25) is 0 Å². The van der Waals surface area contributed by atoms with Crippen LogP contribution in [-0.4, -0.2) is 9.13 Å². The zero-order valence-corrected chi connectivity index (χ0v) is 33.0. The second-order valence-electron chi connectivity index (χ2n) is 16.6. The van der Waals surface area contributed by atoms with Crippen LogP contribution in [0.1, 0.15) is 25.0 Å². The Labute approximate surface area is 343 Å². The maximum atomic E-state index is 2.50. The third-order valence-corrected chi connectivity index (χ3v) is 12.9. The summed E-state index contributed by atoms with van der Waals surface area (Å²) in [5.41, 5.74) is 19.9. The molecule has 2 aromatic heterocycles. The molecule has 0 radical (unpaired) electrons. The molecule has 0 amide bonds. The lowest BCUT2D eigenvalue weighted by Crippen LogP contribution is -2.14. The van der Waals surface area contributed by atoms with E-state index >= 15 is 0 Å². The van der Waals surface area contributed by atoms with Gasteiger partial charge in [0.05, 0.1) is 22.1 Å². The predicted octanol–water partition coefficient (Wildman–Crippen LogP) is 15.2. The van der Waals surface area contributed by atoms with Gasteiger partial charge in [0, 0.05) is 38.3 Å². The van der Waals surface area contributed by atoms with E-state index in [1.807, 2.05) is 0 Å². The maximum absolute atomic E-state index is 2.50. The number of aromatic nitrogens is 2. The Kier molecular flexibility index (Phi) is 7.31. The smallest absolute Gasteiger partial charge is 0.0547 e. The first-order valence-electron chi connectivity index (χ1n) is 20.6. The molecule has 2 heterocycles. The van der Waals surface area contributed by atoms with Crippen LogP contribution in [0.5, 0.6) is 0 Å². The summed E-state index contributed by atoms with van der Waals surface area (Å²) in [4.78, 5) is 0. The molecule has 1 aliphatic rings. The van der Waals surface area contributed by atoms with Crippen molar-refractivity contribution >= 4 is 43.6 Å². The van der Waals surface area contributed by atoms with Crippen molar-refractivity contribution < 1.29 is 0 Å². The van der Waals surface area contributed by atoms with Crippen LogP contribution in [0.2, 0.25) is 0 Å². The van der Waals surface area contributed by atoms with Crippen molar-refractivity contribution in [3.05, 3.63) is 217 Å². The molecular weight excluding hydrogens is 713 g/mol. The lowest BCUT2D eigenvalue weighted by atomic mass is 9.81. The lowest BCUT2D eigenvalue weighted by Gasteiger charge is -2.21. The first kappa shape index (κ1) is 33.7. The van der Waals surface area contributed by atoms with Crippen LogP contribution in [0.15, 0.2) is 206 Å². The summed E-state index contributed by atoms with van der Waals surface area (Å²) >= 11 is 0. The lowest BCUT2D eigenvalue weighted by molar-refractivity contribution is 0.661. The van der Waals surface area contributed by atoms with Crippen molar-refractivity contribution in [1.82, 2.24) is 9.13 Å². The van der Waals surface area contributed by atoms with E-state index in [2.05, 4.69) is 229 Å². The highest BCUT2D eigenvalue weighted by Gasteiger charge is 2.36. The van der Waals surface area contributed by atoms with Crippen LogP contribution in [0.3, 0.4) is 0 Å². The molecule has 9 aromatic carbocycles. The molecule has 59 heavy (non-hydrogen) atoms. The van der Waals surface area contributed by atoms with Crippen LogP contribution in [-0.2, 0) is 5.41 Å². The number of fused-ring (bicyclic) bond motifs is 9. The molecule has 0 aliphatic heterocycles. The van der Waals surface area contributed by atoms with Crippen LogP contribution in [0.25, 0.3) is 99.5 Å². The highest BCUT2D eigenvalue weighted by atomic mass is 15.0. The Hall–Kier alpha value is -7.42. The molecule has 0 saturated carbocycles. The van der Waals surface area contributed by atoms with E-state index in [0.29, 0.717) is 0 Å². The molecule has 0 spiro atoms. The number of hydrogen-bond acceptors (Lipinski definition) is 0. The molecule has 2 nitrogen and oxygen atoms in total. The van der Waals surface area contributed by atoms with Crippen molar-refractivity contribution in [2.24, 2.45) is 0 Å². The Balaban J connectivity index is 1.03. The Morgan fingerprint density at radius 3 is 1.41 bits per heavy atom.